The Morgan fingerprint density at radius 3 is 2.38 bits per heavy atom. The summed E-state index contributed by atoms with van der Waals surface area (Å²) in [6, 6.07) is 15.4. The molecule has 0 saturated heterocycles. The van der Waals surface area contributed by atoms with E-state index in [9.17, 15) is 14.3 Å². The minimum absolute atomic E-state index is 0.126. The highest BCUT2D eigenvalue weighted by atomic mass is 19.1. The number of urea groups is 1. The number of fused-ring (bicyclic) bond motifs is 1. The van der Waals surface area contributed by atoms with E-state index in [0.29, 0.717) is 11.4 Å². The molecule has 0 fully saturated rings. The van der Waals surface area contributed by atoms with Gasteiger partial charge < -0.3 is 15.7 Å². The SMILES string of the molecule is CC.O=C(Nc1ccc(F)cc1)Nc1cccc2ccc(O)cc12. The molecule has 0 bridgehead atoms. The molecule has 0 spiro atoms. The molecule has 0 aliphatic heterocycles. The standard InChI is InChI=1S/C17H13FN2O2.C2H6/c18-12-5-7-13(8-6-12)19-17(22)20-16-3-1-2-11-4-9-14(21)10-15(11)16;1-2/h1-10,21H,(H2,19,20,22);1-2H3. The van der Waals surface area contributed by atoms with Gasteiger partial charge in [-0.25, -0.2) is 9.18 Å². The molecule has 5 heteroatoms. The van der Waals surface area contributed by atoms with Crippen molar-refractivity contribution in [2.45, 2.75) is 13.8 Å². The molecule has 0 radical (unpaired) electrons. The number of phenolic OH excluding ortho intramolecular Hbond substituents is 1. The third-order valence-corrected chi connectivity index (χ3v) is 3.22. The molecule has 4 nitrogen and oxygen atoms in total. The lowest BCUT2D eigenvalue weighted by molar-refractivity contribution is 0.262. The molecular weight excluding hydrogens is 307 g/mol. The van der Waals surface area contributed by atoms with Crippen LogP contribution in [0.4, 0.5) is 20.6 Å². The largest absolute Gasteiger partial charge is 0.508 e. The molecule has 124 valence electrons. The lowest BCUT2D eigenvalue weighted by Gasteiger charge is -2.10. The number of phenols is 1. The van der Waals surface area contributed by atoms with E-state index in [1.54, 1.807) is 24.3 Å². The summed E-state index contributed by atoms with van der Waals surface area (Å²) in [5.41, 5.74) is 1.06. The Morgan fingerprint density at radius 1 is 0.958 bits per heavy atom. The zero-order valence-corrected chi connectivity index (χ0v) is 13.5. The van der Waals surface area contributed by atoms with Crippen molar-refractivity contribution in [3.63, 3.8) is 0 Å². The number of anilines is 2. The normalized spacial score (nSPS) is 9.79. The fraction of sp³-hybridized carbons (Fsp3) is 0.105. The maximum atomic E-state index is 12.8. The van der Waals surface area contributed by atoms with Gasteiger partial charge in [-0.2, -0.15) is 0 Å². The number of carbonyl (C=O) groups excluding carboxylic acids is 1. The Labute approximate surface area is 139 Å². The third kappa shape index (κ3) is 4.23. The van der Waals surface area contributed by atoms with Crippen LogP contribution in [0.25, 0.3) is 10.8 Å². The number of hydrogen-bond donors (Lipinski definition) is 3. The minimum Gasteiger partial charge on any atom is -0.508 e. The summed E-state index contributed by atoms with van der Waals surface area (Å²) in [6.07, 6.45) is 0. The van der Waals surface area contributed by atoms with Crippen LogP contribution in [0.3, 0.4) is 0 Å². The molecule has 3 aromatic rings. The lowest BCUT2D eigenvalue weighted by atomic mass is 10.1. The van der Waals surface area contributed by atoms with E-state index in [-0.39, 0.29) is 11.6 Å². The van der Waals surface area contributed by atoms with Crippen LogP contribution in [0.2, 0.25) is 0 Å². The molecule has 24 heavy (non-hydrogen) atoms. The second-order valence-corrected chi connectivity index (χ2v) is 4.80. The number of aromatic hydroxyl groups is 1. The van der Waals surface area contributed by atoms with Gasteiger partial charge in [0.2, 0.25) is 0 Å². The number of benzene rings is 3. The van der Waals surface area contributed by atoms with Gasteiger partial charge in [-0.1, -0.05) is 32.0 Å². The van der Waals surface area contributed by atoms with Gasteiger partial charge in [0.15, 0.2) is 0 Å². The zero-order valence-electron chi connectivity index (χ0n) is 13.5. The van der Waals surface area contributed by atoms with Crippen molar-refractivity contribution in [1.82, 2.24) is 0 Å². The Hall–Kier alpha value is -3.08. The quantitative estimate of drug-likeness (QED) is 0.594. The fourth-order valence-corrected chi connectivity index (χ4v) is 2.19. The van der Waals surface area contributed by atoms with Crippen LogP contribution in [-0.2, 0) is 0 Å². The predicted octanol–water partition coefficient (Wildman–Crippen LogP) is 5.35. The van der Waals surface area contributed by atoms with Crippen molar-refractivity contribution in [3.05, 3.63) is 66.5 Å². The van der Waals surface area contributed by atoms with Gasteiger partial charge in [0.1, 0.15) is 11.6 Å². The molecule has 0 unspecified atom stereocenters. The van der Waals surface area contributed by atoms with Gasteiger partial charge >= 0.3 is 6.03 Å². The fourth-order valence-electron chi connectivity index (χ4n) is 2.19. The van der Waals surface area contributed by atoms with Gasteiger partial charge in [-0.05, 0) is 47.9 Å². The molecule has 0 saturated carbocycles. The van der Waals surface area contributed by atoms with E-state index in [1.807, 2.05) is 26.0 Å². The van der Waals surface area contributed by atoms with E-state index in [4.69, 9.17) is 0 Å². The van der Waals surface area contributed by atoms with Gasteiger partial charge in [-0.15, -0.1) is 0 Å². The first-order valence-corrected chi connectivity index (χ1v) is 7.67. The van der Waals surface area contributed by atoms with Crippen LogP contribution >= 0.6 is 0 Å². The molecule has 0 aliphatic carbocycles. The number of nitrogens with one attached hydrogen (secondary N) is 2. The van der Waals surface area contributed by atoms with Crippen LogP contribution in [0, 0.1) is 5.82 Å². The van der Waals surface area contributed by atoms with Crippen LogP contribution < -0.4 is 10.6 Å². The number of hydrogen-bond acceptors (Lipinski definition) is 2. The lowest BCUT2D eigenvalue weighted by Crippen LogP contribution is -2.19. The monoisotopic (exact) mass is 326 g/mol. The minimum atomic E-state index is -0.442. The van der Waals surface area contributed by atoms with Crippen molar-refractivity contribution in [3.8, 4) is 5.75 Å². The molecule has 3 aromatic carbocycles. The van der Waals surface area contributed by atoms with E-state index < -0.39 is 6.03 Å². The Kier molecular flexibility index (Phi) is 5.73. The first-order chi connectivity index (χ1) is 11.6. The van der Waals surface area contributed by atoms with Crippen LogP contribution in [0.15, 0.2) is 60.7 Å². The zero-order chi connectivity index (χ0) is 17.5. The molecule has 3 N–H and O–H groups in total. The average Bonchev–Trinajstić information content (AvgIpc) is 2.59. The van der Waals surface area contributed by atoms with Crippen LogP contribution in [0.5, 0.6) is 5.75 Å². The highest BCUT2D eigenvalue weighted by Crippen LogP contribution is 2.27. The van der Waals surface area contributed by atoms with E-state index >= 15 is 0 Å². The second-order valence-electron chi connectivity index (χ2n) is 4.80. The second kappa shape index (κ2) is 7.97. The van der Waals surface area contributed by atoms with Crippen molar-refractivity contribution in [1.29, 1.82) is 0 Å². The molecular formula is C19H19FN2O2. The third-order valence-electron chi connectivity index (χ3n) is 3.22. The predicted molar refractivity (Wildman–Crippen MR) is 96.0 cm³/mol. The molecule has 0 aromatic heterocycles. The van der Waals surface area contributed by atoms with Crippen molar-refractivity contribution >= 4 is 28.2 Å². The first kappa shape index (κ1) is 17.3. The smallest absolute Gasteiger partial charge is 0.323 e. The Balaban J connectivity index is 0.00000100. The number of rotatable bonds is 2. The average molecular weight is 326 g/mol. The molecule has 3 rings (SSSR count). The Morgan fingerprint density at radius 2 is 1.67 bits per heavy atom. The van der Waals surface area contributed by atoms with Gasteiger partial charge in [0.25, 0.3) is 0 Å². The topological polar surface area (TPSA) is 61.4 Å². The van der Waals surface area contributed by atoms with Gasteiger partial charge in [0.05, 0.1) is 5.69 Å². The van der Waals surface area contributed by atoms with Crippen molar-refractivity contribution in [2.24, 2.45) is 0 Å². The number of carbonyl (C=O) groups is 1. The summed E-state index contributed by atoms with van der Waals surface area (Å²) >= 11 is 0. The van der Waals surface area contributed by atoms with Gasteiger partial charge in [0, 0.05) is 11.1 Å². The summed E-state index contributed by atoms with van der Waals surface area (Å²) in [6.45, 7) is 4.00. The summed E-state index contributed by atoms with van der Waals surface area (Å²) in [4.78, 5) is 12.0. The maximum Gasteiger partial charge on any atom is 0.323 e. The van der Waals surface area contributed by atoms with Crippen LogP contribution in [0.1, 0.15) is 13.8 Å². The summed E-state index contributed by atoms with van der Waals surface area (Å²) < 4.78 is 12.8. The first-order valence-electron chi connectivity index (χ1n) is 7.67. The molecule has 0 aliphatic rings. The summed E-state index contributed by atoms with van der Waals surface area (Å²) in [5, 5.41) is 16.6. The van der Waals surface area contributed by atoms with Gasteiger partial charge in [-0.3, -0.25) is 0 Å². The highest BCUT2D eigenvalue weighted by Gasteiger charge is 2.07. The van der Waals surface area contributed by atoms with Crippen LogP contribution in [-0.4, -0.2) is 11.1 Å². The molecule has 2 amide bonds. The summed E-state index contributed by atoms with van der Waals surface area (Å²) in [7, 11) is 0. The molecule has 0 heterocycles. The number of amides is 2. The Bertz CT molecular complexity index is 832. The molecule has 0 atom stereocenters. The highest BCUT2D eigenvalue weighted by molar-refractivity contribution is 6.06. The maximum absolute atomic E-state index is 12.8. The number of halogens is 1. The van der Waals surface area contributed by atoms with E-state index in [0.717, 1.165) is 10.8 Å². The van der Waals surface area contributed by atoms with Crippen molar-refractivity contribution in [2.75, 3.05) is 10.6 Å². The van der Waals surface area contributed by atoms with Crippen molar-refractivity contribution < 1.29 is 14.3 Å². The van der Waals surface area contributed by atoms with E-state index in [2.05, 4.69) is 10.6 Å². The van der Waals surface area contributed by atoms with E-state index in [1.165, 1.54) is 24.3 Å². The summed E-state index contributed by atoms with van der Waals surface area (Å²) in [5.74, 6) is -0.240.